The van der Waals surface area contributed by atoms with Crippen LogP contribution < -0.4 is 5.32 Å². The van der Waals surface area contributed by atoms with Gasteiger partial charge in [0.25, 0.3) is 0 Å². The van der Waals surface area contributed by atoms with E-state index in [1.807, 2.05) is 32.7 Å². The third-order valence-corrected chi connectivity index (χ3v) is 4.10. The van der Waals surface area contributed by atoms with Crippen molar-refractivity contribution < 1.29 is 9.53 Å². The molecule has 1 heterocycles. The van der Waals surface area contributed by atoms with Crippen molar-refractivity contribution in [2.24, 2.45) is 11.8 Å². The molecule has 1 aliphatic heterocycles. The van der Waals surface area contributed by atoms with Gasteiger partial charge in [-0.25, -0.2) is 4.79 Å². The lowest BCUT2D eigenvalue weighted by Crippen LogP contribution is -2.39. The van der Waals surface area contributed by atoms with Crippen molar-refractivity contribution in [3.8, 4) is 0 Å². The predicted octanol–water partition coefficient (Wildman–Crippen LogP) is 2.63. The highest BCUT2D eigenvalue weighted by molar-refractivity contribution is 5.68. The maximum atomic E-state index is 12.0. The van der Waals surface area contributed by atoms with E-state index in [2.05, 4.69) is 5.32 Å². The molecule has 0 bridgehead atoms. The number of rotatable bonds is 4. The largest absolute Gasteiger partial charge is 0.444 e. The number of carbonyl (C=O) groups is 1. The Bertz CT molecular complexity index is 321. The molecule has 110 valence electrons. The van der Waals surface area contributed by atoms with Gasteiger partial charge in [0, 0.05) is 19.1 Å². The minimum atomic E-state index is -0.397. The summed E-state index contributed by atoms with van der Waals surface area (Å²) in [7, 11) is 2.04. The van der Waals surface area contributed by atoms with E-state index >= 15 is 0 Å². The van der Waals surface area contributed by atoms with E-state index in [1.165, 1.54) is 19.3 Å². The van der Waals surface area contributed by atoms with Gasteiger partial charge in [0.2, 0.25) is 0 Å². The highest BCUT2D eigenvalue weighted by Crippen LogP contribution is 2.36. The molecular weight excluding hydrogens is 240 g/mol. The lowest BCUT2D eigenvalue weighted by molar-refractivity contribution is 0.0285. The third kappa shape index (κ3) is 4.37. The summed E-state index contributed by atoms with van der Waals surface area (Å²) in [5.41, 5.74) is -0.397. The summed E-state index contributed by atoms with van der Waals surface area (Å²) < 4.78 is 5.44. The van der Waals surface area contributed by atoms with Crippen LogP contribution in [0.15, 0.2) is 0 Å². The lowest BCUT2D eigenvalue weighted by Gasteiger charge is -2.26. The standard InChI is InChI=1S/C15H28N2O2/c1-15(2,3)19-14(18)17-8-7-12(10-17)13(16-4)9-11-5-6-11/h11-13,16H,5-10H2,1-4H3. The smallest absolute Gasteiger partial charge is 0.410 e. The maximum Gasteiger partial charge on any atom is 0.410 e. The zero-order valence-electron chi connectivity index (χ0n) is 12.7. The highest BCUT2D eigenvalue weighted by Gasteiger charge is 2.35. The van der Waals surface area contributed by atoms with Gasteiger partial charge in [-0.3, -0.25) is 0 Å². The molecule has 1 saturated heterocycles. The van der Waals surface area contributed by atoms with Crippen LogP contribution in [-0.4, -0.2) is 42.8 Å². The summed E-state index contributed by atoms with van der Waals surface area (Å²) in [5, 5.41) is 3.44. The monoisotopic (exact) mass is 268 g/mol. The van der Waals surface area contributed by atoms with Crippen molar-refractivity contribution in [3.63, 3.8) is 0 Å². The minimum absolute atomic E-state index is 0.156. The number of carbonyl (C=O) groups excluding carboxylic acids is 1. The van der Waals surface area contributed by atoms with Gasteiger partial charge in [0.05, 0.1) is 0 Å². The molecule has 0 aromatic rings. The Balaban J connectivity index is 1.82. The summed E-state index contributed by atoms with van der Waals surface area (Å²) >= 11 is 0. The Morgan fingerprint density at radius 1 is 1.37 bits per heavy atom. The Hall–Kier alpha value is -0.770. The predicted molar refractivity (Wildman–Crippen MR) is 76.1 cm³/mol. The van der Waals surface area contributed by atoms with Crippen molar-refractivity contribution in [2.75, 3.05) is 20.1 Å². The second kappa shape index (κ2) is 5.70. The molecular formula is C15H28N2O2. The number of likely N-dealkylation sites (tertiary alicyclic amines) is 1. The first kappa shape index (κ1) is 14.6. The van der Waals surface area contributed by atoms with E-state index in [1.54, 1.807) is 0 Å². The maximum absolute atomic E-state index is 12.0. The van der Waals surface area contributed by atoms with Gasteiger partial charge in [-0.2, -0.15) is 0 Å². The van der Waals surface area contributed by atoms with Gasteiger partial charge in [-0.05, 0) is 52.5 Å². The number of hydrogen-bond donors (Lipinski definition) is 1. The fourth-order valence-corrected chi connectivity index (χ4v) is 2.87. The van der Waals surface area contributed by atoms with Crippen LogP contribution in [0.2, 0.25) is 0 Å². The first-order valence-corrected chi connectivity index (χ1v) is 7.54. The molecule has 2 fully saturated rings. The van der Waals surface area contributed by atoms with Gasteiger partial charge in [-0.15, -0.1) is 0 Å². The molecule has 2 atom stereocenters. The fourth-order valence-electron chi connectivity index (χ4n) is 2.87. The minimum Gasteiger partial charge on any atom is -0.444 e. The van der Waals surface area contributed by atoms with Gasteiger partial charge >= 0.3 is 6.09 Å². The number of amides is 1. The summed E-state index contributed by atoms with van der Waals surface area (Å²) in [6, 6.07) is 0.555. The van der Waals surface area contributed by atoms with Crippen molar-refractivity contribution >= 4 is 6.09 Å². The molecule has 2 rings (SSSR count). The summed E-state index contributed by atoms with van der Waals surface area (Å²) in [6.07, 6.45) is 4.98. The number of nitrogens with one attached hydrogen (secondary N) is 1. The van der Waals surface area contributed by atoms with Crippen LogP contribution >= 0.6 is 0 Å². The second-order valence-corrected chi connectivity index (χ2v) is 7.05. The zero-order chi connectivity index (χ0) is 14.0. The number of nitrogens with zero attached hydrogens (tertiary/aromatic N) is 1. The number of hydrogen-bond acceptors (Lipinski definition) is 3. The zero-order valence-corrected chi connectivity index (χ0v) is 12.7. The number of ether oxygens (including phenoxy) is 1. The molecule has 4 nitrogen and oxygen atoms in total. The topological polar surface area (TPSA) is 41.6 Å². The van der Waals surface area contributed by atoms with Crippen LogP contribution in [0.1, 0.15) is 46.5 Å². The van der Waals surface area contributed by atoms with Crippen LogP contribution in [0.3, 0.4) is 0 Å². The first-order valence-electron chi connectivity index (χ1n) is 7.54. The Labute approximate surface area is 116 Å². The third-order valence-electron chi connectivity index (χ3n) is 4.10. The van der Waals surface area contributed by atoms with Crippen molar-refractivity contribution in [3.05, 3.63) is 0 Å². The van der Waals surface area contributed by atoms with Gasteiger partial charge in [-0.1, -0.05) is 12.8 Å². The van der Waals surface area contributed by atoms with Crippen LogP contribution in [0.4, 0.5) is 4.79 Å². The van der Waals surface area contributed by atoms with E-state index in [-0.39, 0.29) is 6.09 Å². The van der Waals surface area contributed by atoms with E-state index < -0.39 is 5.60 Å². The molecule has 1 aliphatic carbocycles. The van der Waals surface area contributed by atoms with Crippen LogP contribution in [0, 0.1) is 11.8 Å². The molecule has 4 heteroatoms. The molecule has 19 heavy (non-hydrogen) atoms. The van der Waals surface area contributed by atoms with E-state index in [4.69, 9.17) is 4.74 Å². The molecule has 0 spiro atoms. The fraction of sp³-hybridized carbons (Fsp3) is 0.933. The van der Waals surface area contributed by atoms with Crippen LogP contribution in [0.5, 0.6) is 0 Å². The molecule has 2 aliphatic rings. The van der Waals surface area contributed by atoms with Gasteiger partial charge in [0.1, 0.15) is 5.60 Å². The van der Waals surface area contributed by atoms with Gasteiger partial charge < -0.3 is 15.0 Å². The average molecular weight is 268 g/mol. The first-order chi connectivity index (χ1) is 8.89. The van der Waals surface area contributed by atoms with Crippen molar-refractivity contribution in [1.29, 1.82) is 0 Å². The Morgan fingerprint density at radius 3 is 2.58 bits per heavy atom. The molecule has 1 saturated carbocycles. The normalized spacial score (nSPS) is 25.5. The average Bonchev–Trinajstić information content (AvgIpc) is 2.98. The second-order valence-electron chi connectivity index (χ2n) is 7.05. The van der Waals surface area contributed by atoms with Crippen molar-refractivity contribution in [2.45, 2.75) is 58.1 Å². The quantitative estimate of drug-likeness (QED) is 0.852. The molecule has 0 aromatic heterocycles. The molecule has 0 radical (unpaired) electrons. The van der Waals surface area contributed by atoms with Crippen molar-refractivity contribution in [1.82, 2.24) is 10.2 Å². The molecule has 2 unspecified atom stereocenters. The van der Waals surface area contributed by atoms with Gasteiger partial charge in [0.15, 0.2) is 0 Å². The molecule has 1 N–H and O–H groups in total. The van der Waals surface area contributed by atoms with Crippen LogP contribution in [0.25, 0.3) is 0 Å². The van der Waals surface area contributed by atoms with E-state index in [0.717, 1.165) is 25.4 Å². The SMILES string of the molecule is CNC(CC1CC1)C1CCN(C(=O)OC(C)(C)C)C1. The summed E-state index contributed by atoms with van der Waals surface area (Å²) in [6.45, 7) is 7.43. The summed E-state index contributed by atoms with van der Waals surface area (Å²) in [4.78, 5) is 13.9. The molecule has 1 amide bonds. The van der Waals surface area contributed by atoms with Crippen LogP contribution in [-0.2, 0) is 4.74 Å². The van der Waals surface area contributed by atoms with E-state index in [9.17, 15) is 4.79 Å². The Kier molecular flexibility index (Phi) is 4.39. The summed E-state index contributed by atoms with van der Waals surface area (Å²) in [5.74, 6) is 1.51. The molecule has 0 aromatic carbocycles. The van der Waals surface area contributed by atoms with E-state index in [0.29, 0.717) is 12.0 Å². The highest BCUT2D eigenvalue weighted by atomic mass is 16.6. The lowest BCUT2D eigenvalue weighted by atomic mass is 9.94. The Morgan fingerprint density at radius 2 is 2.05 bits per heavy atom.